The first-order valence-corrected chi connectivity index (χ1v) is 9.88. The van der Waals surface area contributed by atoms with Crippen LogP contribution in [0.3, 0.4) is 0 Å². The number of hydrogen-bond donors (Lipinski definition) is 1. The van der Waals surface area contributed by atoms with E-state index in [4.69, 9.17) is 5.26 Å². The van der Waals surface area contributed by atoms with E-state index in [2.05, 4.69) is 4.98 Å². The molecule has 6 nitrogen and oxygen atoms in total. The van der Waals surface area contributed by atoms with Crippen molar-refractivity contribution in [1.29, 1.82) is 5.26 Å². The average Bonchev–Trinajstić information content (AvgIpc) is 2.74. The standard InChI is InChI=1S/C23H25N3O3/c1-16(11-22(28)19-6-4-17(14-24)5-7-19)23(29)26-10-8-21(27)13-20(26)12-18-3-2-9-25-15-18/h2-7,9,15-16,20-21,27H,8,10-13H2,1H3/t16?,20?,21-/m1/s1. The lowest BCUT2D eigenvalue weighted by molar-refractivity contribution is -0.140. The van der Waals surface area contributed by atoms with Gasteiger partial charge in [-0.25, -0.2) is 0 Å². The third kappa shape index (κ3) is 5.27. The Labute approximate surface area is 170 Å². The number of benzene rings is 1. The van der Waals surface area contributed by atoms with E-state index in [0.29, 0.717) is 36.9 Å². The summed E-state index contributed by atoms with van der Waals surface area (Å²) in [4.78, 5) is 31.6. The van der Waals surface area contributed by atoms with E-state index in [1.165, 1.54) is 0 Å². The molecule has 0 spiro atoms. The SMILES string of the molecule is CC(CC(=O)c1ccc(C#N)cc1)C(=O)N1CC[C@@H](O)CC1Cc1cccnc1. The highest BCUT2D eigenvalue weighted by molar-refractivity contribution is 5.98. The molecule has 0 saturated carbocycles. The fraction of sp³-hybridized carbons (Fsp3) is 0.391. The van der Waals surface area contributed by atoms with Gasteiger partial charge in [-0.2, -0.15) is 5.26 Å². The van der Waals surface area contributed by atoms with E-state index in [0.717, 1.165) is 5.56 Å². The Morgan fingerprint density at radius 2 is 2.07 bits per heavy atom. The number of likely N-dealkylation sites (tertiary alicyclic amines) is 1. The number of piperidine rings is 1. The summed E-state index contributed by atoms with van der Waals surface area (Å²) in [6.45, 7) is 2.26. The Balaban J connectivity index is 1.67. The Hall–Kier alpha value is -3.04. The first-order chi connectivity index (χ1) is 14.0. The zero-order valence-corrected chi connectivity index (χ0v) is 16.5. The minimum Gasteiger partial charge on any atom is -0.393 e. The van der Waals surface area contributed by atoms with Crippen LogP contribution in [-0.2, 0) is 11.2 Å². The number of carbonyl (C=O) groups is 2. The largest absolute Gasteiger partial charge is 0.393 e. The molecule has 29 heavy (non-hydrogen) atoms. The molecule has 1 aromatic carbocycles. The highest BCUT2D eigenvalue weighted by atomic mass is 16.3. The summed E-state index contributed by atoms with van der Waals surface area (Å²) in [5, 5.41) is 19.0. The van der Waals surface area contributed by atoms with E-state index in [1.807, 2.05) is 23.1 Å². The average molecular weight is 391 g/mol. The molecule has 0 bridgehead atoms. The lowest BCUT2D eigenvalue weighted by Crippen LogP contribution is -2.50. The Morgan fingerprint density at radius 1 is 1.31 bits per heavy atom. The van der Waals surface area contributed by atoms with Gasteiger partial charge in [0, 0.05) is 42.9 Å². The molecule has 1 aliphatic rings. The van der Waals surface area contributed by atoms with Gasteiger partial charge in [-0.3, -0.25) is 14.6 Å². The smallest absolute Gasteiger partial charge is 0.226 e. The van der Waals surface area contributed by atoms with E-state index in [9.17, 15) is 14.7 Å². The van der Waals surface area contributed by atoms with Crippen LogP contribution in [0.1, 0.15) is 47.7 Å². The molecule has 1 N–H and O–H groups in total. The van der Waals surface area contributed by atoms with Crippen LogP contribution in [0, 0.1) is 17.2 Å². The second-order valence-electron chi connectivity index (χ2n) is 7.65. The number of rotatable bonds is 6. The second-order valence-corrected chi connectivity index (χ2v) is 7.65. The van der Waals surface area contributed by atoms with Crippen molar-refractivity contribution in [3.05, 3.63) is 65.5 Å². The van der Waals surface area contributed by atoms with Crippen LogP contribution in [0.2, 0.25) is 0 Å². The molecule has 1 aromatic heterocycles. The monoisotopic (exact) mass is 391 g/mol. The number of ketones is 1. The molecule has 0 aliphatic carbocycles. The van der Waals surface area contributed by atoms with E-state index in [-0.39, 0.29) is 24.2 Å². The third-order valence-electron chi connectivity index (χ3n) is 5.41. The Morgan fingerprint density at radius 3 is 2.72 bits per heavy atom. The molecule has 6 heteroatoms. The van der Waals surface area contributed by atoms with E-state index >= 15 is 0 Å². The van der Waals surface area contributed by atoms with Crippen LogP contribution in [0.5, 0.6) is 0 Å². The second kappa shape index (κ2) is 9.44. The predicted octanol–water partition coefficient (Wildman–Crippen LogP) is 2.76. The minimum atomic E-state index is -0.454. The van der Waals surface area contributed by atoms with Crippen molar-refractivity contribution in [2.45, 2.75) is 44.8 Å². The molecule has 2 unspecified atom stereocenters. The quantitative estimate of drug-likeness (QED) is 0.764. The number of nitrogens with zero attached hydrogens (tertiary/aromatic N) is 3. The van der Waals surface area contributed by atoms with Crippen LogP contribution in [0.15, 0.2) is 48.8 Å². The zero-order chi connectivity index (χ0) is 20.8. The molecule has 150 valence electrons. The number of aliphatic hydroxyl groups is 1. The minimum absolute atomic E-state index is 0.0622. The molecule has 2 heterocycles. The molecule has 0 radical (unpaired) electrons. The lowest BCUT2D eigenvalue weighted by atomic mass is 9.91. The number of hydrogen-bond acceptors (Lipinski definition) is 5. The van der Waals surface area contributed by atoms with Gasteiger partial charge >= 0.3 is 0 Å². The summed E-state index contributed by atoms with van der Waals surface area (Å²) < 4.78 is 0. The summed E-state index contributed by atoms with van der Waals surface area (Å²) in [6, 6.07) is 12.2. The summed E-state index contributed by atoms with van der Waals surface area (Å²) >= 11 is 0. The van der Waals surface area contributed by atoms with Gasteiger partial charge in [-0.05, 0) is 43.0 Å². The zero-order valence-electron chi connectivity index (χ0n) is 16.5. The van der Waals surface area contributed by atoms with E-state index < -0.39 is 12.0 Å². The lowest BCUT2D eigenvalue weighted by Gasteiger charge is -2.39. The number of pyridine rings is 1. The third-order valence-corrected chi connectivity index (χ3v) is 5.41. The van der Waals surface area contributed by atoms with Crippen molar-refractivity contribution >= 4 is 11.7 Å². The number of aliphatic hydroxyl groups excluding tert-OH is 1. The Bertz CT molecular complexity index is 890. The number of carbonyl (C=O) groups excluding carboxylic acids is 2. The van der Waals surface area contributed by atoms with Crippen molar-refractivity contribution in [2.75, 3.05) is 6.54 Å². The van der Waals surface area contributed by atoms with Crippen LogP contribution >= 0.6 is 0 Å². The first kappa shape index (κ1) is 20.7. The van der Waals surface area contributed by atoms with Crippen molar-refractivity contribution in [2.24, 2.45) is 5.92 Å². The van der Waals surface area contributed by atoms with Gasteiger partial charge in [0.25, 0.3) is 0 Å². The number of nitriles is 1. The van der Waals surface area contributed by atoms with Crippen LogP contribution in [0.4, 0.5) is 0 Å². The molecule has 1 aliphatic heterocycles. The van der Waals surface area contributed by atoms with Crippen LogP contribution in [-0.4, -0.2) is 45.4 Å². The topological polar surface area (TPSA) is 94.3 Å². The summed E-state index contributed by atoms with van der Waals surface area (Å²) in [5.74, 6) is -0.631. The highest BCUT2D eigenvalue weighted by Gasteiger charge is 2.33. The van der Waals surface area contributed by atoms with Crippen molar-refractivity contribution in [1.82, 2.24) is 9.88 Å². The van der Waals surface area contributed by atoms with Crippen LogP contribution in [0.25, 0.3) is 0 Å². The van der Waals surface area contributed by atoms with Crippen LogP contribution < -0.4 is 0 Å². The fourth-order valence-electron chi connectivity index (χ4n) is 3.80. The molecule has 3 atom stereocenters. The molecule has 3 rings (SSSR count). The van der Waals surface area contributed by atoms with Crippen molar-refractivity contribution in [3.63, 3.8) is 0 Å². The van der Waals surface area contributed by atoms with Gasteiger partial charge in [-0.15, -0.1) is 0 Å². The summed E-state index contributed by atoms with van der Waals surface area (Å²) in [6.07, 6.45) is 4.88. The van der Waals surface area contributed by atoms with Gasteiger partial charge in [0.05, 0.1) is 17.7 Å². The Kier molecular flexibility index (Phi) is 6.73. The maximum absolute atomic E-state index is 13.1. The van der Waals surface area contributed by atoms with Gasteiger partial charge < -0.3 is 10.0 Å². The van der Waals surface area contributed by atoms with Crippen molar-refractivity contribution < 1.29 is 14.7 Å². The summed E-state index contributed by atoms with van der Waals surface area (Å²) in [5.41, 5.74) is 2.02. The number of amides is 1. The molecular weight excluding hydrogens is 366 g/mol. The van der Waals surface area contributed by atoms with Gasteiger partial charge in [-0.1, -0.05) is 25.1 Å². The first-order valence-electron chi connectivity index (χ1n) is 9.88. The molecule has 1 saturated heterocycles. The normalized spacial score (nSPS) is 20.0. The van der Waals surface area contributed by atoms with Gasteiger partial charge in [0.2, 0.25) is 5.91 Å². The maximum Gasteiger partial charge on any atom is 0.226 e. The molecule has 2 aromatic rings. The predicted molar refractivity (Wildman–Crippen MR) is 108 cm³/mol. The highest BCUT2D eigenvalue weighted by Crippen LogP contribution is 2.24. The van der Waals surface area contributed by atoms with Gasteiger partial charge in [0.1, 0.15) is 0 Å². The number of Topliss-reactive ketones (excluding diaryl/α,β-unsaturated/α-hetero) is 1. The van der Waals surface area contributed by atoms with Crippen molar-refractivity contribution in [3.8, 4) is 6.07 Å². The molecule has 1 fully saturated rings. The molecular formula is C23H25N3O3. The summed E-state index contributed by atoms with van der Waals surface area (Å²) in [7, 11) is 0. The fourth-order valence-corrected chi connectivity index (χ4v) is 3.80. The van der Waals surface area contributed by atoms with E-state index in [1.54, 1.807) is 43.6 Å². The molecule has 1 amide bonds. The van der Waals surface area contributed by atoms with Gasteiger partial charge in [0.15, 0.2) is 5.78 Å². The maximum atomic E-state index is 13.1. The number of aromatic nitrogens is 1.